The second kappa shape index (κ2) is 18.9. The average molecular weight is 857 g/mol. The molecule has 0 aromatic heterocycles. The highest BCUT2D eigenvalue weighted by molar-refractivity contribution is 6.75. The van der Waals surface area contributed by atoms with Crippen LogP contribution in [0.1, 0.15) is 77.0 Å². The molecule has 0 aliphatic carbocycles. The first-order chi connectivity index (χ1) is 31.7. The molecule has 8 heterocycles. The molecule has 0 unspecified atom stereocenters. The van der Waals surface area contributed by atoms with Crippen molar-refractivity contribution in [3.05, 3.63) is 180 Å². The van der Waals surface area contributed by atoms with Gasteiger partial charge in [0.25, 0.3) is 0 Å². The maximum absolute atomic E-state index is 7.51. The van der Waals surface area contributed by atoms with Gasteiger partial charge in [-0.05, 0) is 101 Å². The molecule has 0 saturated carbocycles. The molecule has 5 aromatic carbocycles. The number of para-hydroxylation sites is 4. The van der Waals surface area contributed by atoms with Gasteiger partial charge in [0.2, 0.25) is 0 Å². The van der Waals surface area contributed by atoms with Crippen LogP contribution in [0.25, 0.3) is 0 Å². The summed E-state index contributed by atoms with van der Waals surface area (Å²) in [5, 5.41) is 0. The number of quaternary nitrogens is 2. The molecule has 10 heteroatoms. The molecule has 332 valence electrons. The molecule has 5 aromatic rings. The van der Waals surface area contributed by atoms with E-state index in [1.165, 1.54) is 99.6 Å². The minimum atomic E-state index is -1.93. The Balaban J connectivity index is 0.000000223. The average Bonchev–Trinajstić information content (AvgIpc) is 4.09. The van der Waals surface area contributed by atoms with Crippen molar-refractivity contribution in [3.63, 3.8) is 0 Å². The van der Waals surface area contributed by atoms with Crippen LogP contribution in [0.2, 0.25) is 0 Å². The Labute approximate surface area is 381 Å². The fraction of sp³-hybridized carbons (Fsp3) is 0.370. The van der Waals surface area contributed by atoms with Crippen LogP contribution in [0.3, 0.4) is 0 Å². The van der Waals surface area contributed by atoms with E-state index in [1.807, 2.05) is 109 Å². The Morgan fingerprint density at radius 2 is 0.531 bits per heavy atom. The highest BCUT2D eigenvalue weighted by Gasteiger charge is 2.81. The summed E-state index contributed by atoms with van der Waals surface area (Å²) in [6.07, 6.45) is 14.6. The summed E-state index contributed by atoms with van der Waals surface area (Å²) in [5.41, 5.74) is 5.63. The molecule has 8 nitrogen and oxygen atoms in total. The highest BCUT2D eigenvalue weighted by atomic mass is 16.7. The van der Waals surface area contributed by atoms with E-state index in [0.717, 1.165) is 84.1 Å². The molecule has 8 aliphatic rings. The van der Waals surface area contributed by atoms with E-state index < -0.39 is 13.4 Å². The molecule has 8 aliphatic heterocycles. The summed E-state index contributed by atoms with van der Waals surface area (Å²) in [4.78, 5) is 5.46. The van der Waals surface area contributed by atoms with E-state index in [-0.39, 0.29) is 0 Å². The summed E-state index contributed by atoms with van der Waals surface area (Å²) < 4.78 is 31.6. The monoisotopic (exact) mass is 857 g/mol. The molecule has 0 N–H and O–H groups in total. The third-order valence-corrected chi connectivity index (χ3v) is 15.1. The van der Waals surface area contributed by atoms with Gasteiger partial charge in [0.05, 0.1) is 11.2 Å². The zero-order valence-electron chi connectivity index (χ0n) is 37.7. The van der Waals surface area contributed by atoms with Gasteiger partial charge in [-0.15, -0.1) is 0 Å². The maximum atomic E-state index is 7.51. The molecule has 64 heavy (non-hydrogen) atoms. The van der Waals surface area contributed by atoms with E-state index >= 15 is 0 Å². The van der Waals surface area contributed by atoms with E-state index in [4.69, 9.17) is 18.6 Å². The summed E-state index contributed by atoms with van der Waals surface area (Å²) in [6.45, 7) is 4.47. The Morgan fingerprint density at radius 3 is 0.781 bits per heavy atom. The predicted molar refractivity (Wildman–Crippen MR) is 259 cm³/mol. The second-order valence-corrected chi connectivity index (χ2v) is 18.8. The van der Waals surface area contributed by atoms with Crippen molar-refractivity contribution in [2.24, 2.45) is 0 Å². The summed E-state index contributed by atoms with van der Waals surface area (Å²) in [6, 6.07) is 53.0. The molecule has 13 rings (SSSR count). The molecular formula is C54H66B2N4O4. The molecule has 0 amide bonds. The summed E-state index contributed by atoms with van der Waals surface area (Å²) in [5.74, 6) is 3.64. The lowest BCUT2D eigenvalue weighted by atomic mass is 9.58. The number of benzene rings is 5. The van der Waals surface area contributed by atoms with Gasteiger partial charge in [0, 0.05) is 52.4 Å². The summed E-state index contributed by atoms with van der Waals surface area (Å²) >= 11 is 0. The van der Waals surface area contributed by atoms with Gasteiger partial charge in [-0.3, -0.25) is 0 Å². The van der Waals surface area contributed by atoms with Crippen LogP contribution in [0.15, 0.2) is 180 Å². The van der Waals surface area contributed by atoms with Crippen LogP contribution in [-0.2, 0) is 0 Å². The standard InChI is InChI=1S/C36H48B2N4O4.3C6H6/c1-9-21-39(22-10-1)35-33-34(42(27-15-4-16-28-42)37(35)43-29-17-5-6-18-30(29)44-37)36(40-23-11-2-12-24-40)38(41(33)25-13-3-14-26-41)45-31-19-7-8-20-32(31)46-38;3*1-2-4-6-5-3-1/h5-8,17-20H,1-4,9-16,21-28H2;3*1-6H. The van der Waals surface area contributed by atoms with E-state index in [2.05, 4.69) is 58.3 Å². The first-order valence-corrected chi connectivity index (χ1v) is 24.7. The normalized spacial score (nSPS) is 22.2. The van der Waals surface area contributed by atoms with Crippen molar-refractivity contribution in [1.29, 1.82) is 0 Å². The lowest BCUT2D eigenvalue weighted by Gasteiger charge is -2.57. The number of fused-ring (bicyclic) bond motifs is 7. The van der Waals surface area contributed by atoms with Crippen LogP contribution < -0.4 is 18.6 Å². The minimum Gasteiger partial charge on any atom is -0.623 e. The number of hydrogen-bond acceptors (Lipinski definition) is 6. The Morgan fingerprint density at radius 1 is 0.297 bits per heavy atom. The summed E-state index contributed by atoms with van der Waals surface area (Å²) in [7, 11) is 0. The third kappa shape index (κ3) is 7.46. The SMILES string of the molecule is c1ccc2c(c1)O[B-]1(O2)C(N2CCCCC2)=C2C(=C(N3CCCCC3)[B-]3(Oc4ccccc4O3)[N+]23CCCCC3)[N+]12CCCCC2.c1ccccc1.c1ccccc1.c1ccccc1. The van der Waals surface area contributed by atoms with Crippen molar-refractivity contribution < 1.29 is 27.4 Å². The van der Waals surface area contributed by atoms with Gasteiger partial charge in [0.1, 0.15) is 34.4 Å². The number of likely N-dealkylation sites (tertiary alicyclic amines) is 2. The molecule has 4 fully saturated rings. The molecule has 0 atom stereocenters. The zero-order chi connectivity index (χ0) is 43.1. The lowest BCUT2D eigenvalue weighted by Crippen LogP contribution is -2.77. The van der Waals surface area contributed by atoms with Gasteiger partial charge in [0.15, 0.2) is 0 Å². The predicted octanol–water partition coefficient (Wildman–Crippen LogP) is 11.4. The second-order valence-electron chi connectivity index (χ2n) is 18.8. The smallest absolute Gasteiger partial charge is 0.623 e. The van der Waals surface area contributed by atoms with Crippen LogP contribution in [0, 0.1) is 0 Å². The van der Waals surface area contributed by atoms with E-state index in [0.29, 0.717) is 0 Å². The topological polar surface area (TPSA) is 43.4 Å². The Hall–Kier alpha value is -5.57. The van der Waals surface area contributed by atoms with E-state index in [1.54, 1.807) is 0 Å². The van der Waals surface area contributed by atoms with Crippen LogP contribution in [0.4, 0.5) is 0 Å². The first-order valence-electron chi connectivity index (χ1n) is 24.7. The highest BCUT2D eigenvalue weighted by Crippen LogP contribution is 2.64. The van der Waals surface area contributed by atoms with Crippen LogP contribution in [0.5, 0.6) is 23.0 Å². The van der Waals surface area contributed by atoms with Crippen molar-refractivity contribution in [2.45, 2.75) is 77.0 Å². The molecular weight excluding hydrogens is 790 g/mol. The van der Waals surface area contributed by atoms with Crippen molar-refractivity contribution >= 4 is 13.4 Å². The van der Waals surface area contributed by atoms with Gasteiger partial charge in [-0.1, -0.05) is 133 Å². The zero-order valence-corrected chi connectivity index (χ0v) is 37.7. The van der Waals surface area contributed by atoms with Crippen LogP contribution in [-0.4, -0.2) is 84.3 Å². The van der Waals surface area contributed by atoms with E-state index in [9.17, 15) is 0 Å². The molecule has 0 radical (unpaired) electrons. The number of piperidine rings is 4. The lowest BCUT2D eigenvalue weighted by molar-refractivity contribution is -0.839. The fourth-order valence-electron chi connectivity index (χ4n) is 12.4. The van der Waals surface area contributed by atoms with Crippen molar-refractivity contribution in [1.82, 2.24) is 9.80 Å². The fourth-order valence-corrected chi connectivity index (χ4v) is 12.4. The number of hydrogen-bond donors (Lipinski definition) is 0. The van der Waals surface area contributed by atoms with Gasteiger partial charge in [-0.25, -0.2) is 0 Å². The quantitative estimate of drug-likeness (QED) is 0.165. The van der Waals surface area contributed by atoms with Gasteiger partial charge >= 0.3 is 13.4 Å². The minimum absolute atomic E-state index is 0.758. The first kappa shape index (κ1) is 42.4. The number of rotatable bonds is 2. The number of nitrogens with zero attached hydrogens (tertiary/aromatic N) is 4. The Bertz CT molecular complexity index is 2030. The molecule has 4 spiro atoms. The van der Waals surface area contributed by atoms with Crippen LogP contribution >= 0.6 is 0 Å². The van der Waals surface area contributed by atoms with Crippen molar-refractivity contribution in [2.75, 3.05) is 52.4 Å². The maximum Gasteiger partial charge on any atom is 0.636 e. The van der Waals surface area contributed by atoms with Gasteiger partial charge in [-0.2, -0.15) is 0 Å². The third-order valence-electron chi connectivity index (χ3n) is 15.1. The largest absolute Gasteiger partial charge is 0.636 e. The van der Waals surface area contributed by atoms with Gasteiger partial charge < -0.3 is 37.2 Å². The Kier molecular flexibility index (Phi) is 12.5. The van der Waals surface area contributed by atoms with Crippen molar-refractivity contribution in [3.8, 4) is 23.0 Å². The molecule has 0 bridgehead atoms. The molecule has 4 saturated heterocycles.